The molecule has 8 heteroatoms. The number of methoxy groups -OCH3 is 1. The first-order valence-electron chi connectivity index (χ1n) is 11.4. The van der Waals surface area contributed by atoms with Crippen LogP contribution >= 0.6 is 0 Å². The molecule has 2 rings (SSSR count). The highest BCUT2D eigenvalue weighted by Gasteiger charge is 2.29. The number of hydrogen-bond acceptors (Lipinski definition) is 5. The number of likely N-dealkylation sites (N-methyl/N-ethyl adjacent to an activating group) is 1. The summed E-state index contributed by atoms with van der Waals surface area (Å²) >= 11 is 0. The summed E-state index contributed by atoms with van der Waals surface area (Å²) in [7, 11) is 3.34. The third kappa shape index (κ3) is 6.45. The Labute approximate surface area is 191 Å². The fourth-order valence-electron chi connectivity index (χ4n) is 3.86. The van der Waals surface area contributed by atoms with E-state index in [-0.39, 0.29) is 42.4 Å². The summed E-state index contributed by atoms with van der Waals surface area (Å²) in [6.45, 7) is 8.89. The van der Waals surface area contributed by atoms with Crippen molar-refractivity contribution in [1.82, 2.24) is 9.80 Å². The number of anilines is 1. The highest BCUT2D eigenvalue weighted by atomic mass is 16.5. The van der Waals surface area contributed by atoms with Gasteiger partial charge in [-0.2, -0.15) is 0 Å². The lowest BCUT2D eigenvalue weighted by Crippen LogP contribution is -2.48. The lowest BCUT2D eigenvalue weighted by Gasteiger charge is -2.36. The number of benzene rings is 1. The van der Waals surface area contributed by atoms with Gasteiger partial charge < -0.3 is 24.6 Å². The van der Waals surface area contributed by atoms with Crippen molar-refractivity contribution in [2.45, 2.75) is 59.1 Å². The molecular weight excluding hydrogens is 410 g/mol. The van der Waals surface area contributed by atoms with E-state index in [9.17, 15) is 14.4 Å². The van der Waals surface area contributed by atoms with Crippen LogP contribution in [0.15, 0.2) is 18.2 Å². The minimum absolute atomic E-state index is 0.0202. The Kier molecular flexibility index (Phi) is 9.50. The molecule has 0 radical (unpaired) electrons. The Morgan fingerprint density at radius 1 is 1.22 bits per heavy atom. The van der Waals surface area contributed by atoms with Gasteiger partial charge in [0.2, 0.25) is 11.8 Å². The second-order valence-corrected chi connectivity index (χ2v) is 8.51. The van der Waals surface area contributed by atoms with Crippen molar-refractivity contribution in [3.05, 3.63) is 23.8 Å². The van der Waals surface area contributed by atoms with Crippen molar-refractivity contribution in [2.75, 3.05) is 39.2 Å². The van der Waals surface area contributed by atoms with Gasteiger partial charge in [-0.15, -0.1) is 0 Å². The van der Waals surface area contributed by atoms with Crippen molar-refractivity contribution in [3.63, 3.8) is 0 Å². The first-order valence-corrected chi connectivity index (χ1v) is 11.4. The maximum atomic E-state index is 13.3. The number of ether oxygens (including phenoxy) is 2. The third-order valence-electron chi connectivity index (χ3n) is 5.83. The molecule has 0 saturated heterocycles. The van der Waals surface area contributed by atoms with E-state index >= 15 is 0 Å². The van der Waals surface area contributed by atoms with Gasteiger partial charge in [0.1, 0.15) is 12.4 Å². The fraction of sp³-hybridized carbons (Fsp3) is 0.625. The summed E-state index contributed by atoms with van der Waals surface area (Å²) in [4.78, 5) is 41.4. The number of carbonyl (C=O) groups is 3. The van der Waals surface area contributed by atoms with Gasteiger partial charge in [0, 0.05) is 51.7 Å². The van der Waals surface area contributed by atoms with E-state index in [1.807, 2.05) is 32.6 Å². The number of nitrogens with zero attached hydrogens (tertiary/aromatic N) is 2. The van der Waals surface area contributed by atoms with Crippen LogP contribution in [-0.4, -0.2) is 73.5 Å². The van der Waals surface area contributed by atoms with Gasteiger partial charge in [-0.25, -0.2) is 0 Å². The topological polar surface area (TPSA) is 88.2 Å². The Balaban J connectivity index is 2.43. The predicted molar refractivity (Wildman–Crippen MR) is 124 cm³/mol. The fourth-order valence-corrected chi connectivity index (χ4v) is 3.86. The largest absolute Gasteiger partial charge is 0.491 e. The number of hydrogen-bond donors (Lipinski definition) is 1. The summed E-state index contributed by atoms with van der Waals surface area (Å²) in [6.07, 6.45) is 1.32. The van der Waals surface area contributed by atoms with E-state index in [2.05, 4.69) is 5.32 Å². The van der Waals surface area contributed by atoms with Crippen molar-refractivity contribution in [2.24, 2.45) is 5.92 Å². The smallest absolute Gasteiger partial charge is 0.257 e. The highest BCUT2D eigenvalue weighted by molar-refractivity contribution is 5.99. The molecule has 3 amide bonds. The SMILES string of the molecule is CCCC(=O)Nc1ccc2c(c1)C(=O)N(C)C[C@@H](OC)[C@H](C)CN(C(=O)CC)[C@@H](C)CO2. The molecule has 0 saturated carbocycles. The van der Waals surface area contributed by atoms with Gasteiger partial charge >= 0.3 is 0 Å². The molecule has 1 aromatic rings. The van der Waals surface area contributed by atoms with E-state index < -0.39 is 0 Å². The quantitative estimate of drug-likeness (QED) is 0.749. The van der Waals surface area contributed by atoms with Crippen molar-refractivity contribution >= 4 is 23.4 Å². The van der Waals surface area contributed by atoms with Crippen LogP contribution in [0.3, 0.4) is 0 Å². The third-order valence-corrected chi connectivity index (χ3v) is 5.83. The average molecular weight is 448 g/mol. The van der Waals surface area contributed by atoms with E-state index in [1.165, 1.54) is 0 Å². The van der Waals surface area contributed by atoms with Crippen LogP contribution in [0.2, 0.25) is 0 Å². The van der Waals surface area contributed by atoms with Gasteiger partial charge in [-0.1, -0.05) is 20.8 Å². The van der Waals surface area contributed by atoms with Crippen molar-refractivity contribution in [3.8, 4) is 5.75 Å². The molecule has 0 fully saturated rings. The van der Waals surface area contributed by atoms with E-state index in [0.29, 0.717) is 42.9 Å². The molecule has 32 heavy (non-hydrogen) atoms. The van der Waals surface area contributed by atoms with Gasteiger partial charge in [0.15, 0.2) is 0 Å². The average Bonchev–Trinajstić information content (AvgIpc) is 2.77. The first-order chi connectivity index (χ1) is 15.2. The monoisotopic (exact) mass is 447 g/mol. The van der Waals surface area contributed by atoms with Gasteiger partial charge in [-0.05, 0) is 31.5 Å². The summed E-state index contributed by atoms with van der Waals surface area (Å²) in [5.41, 5.74) is 0.914. The molecule has 1 aliphatic heterocycles. The lowest BCUT2D eigenvalue weighted by atomic mass is 10.0. The zero-order valence-corrected chi connectivity index (χ0v) is 20.1. The number of amides is 3. The minimum Gasteiger partial charge on any atom is -0.491 e. The Morgan fingerprint density at radius 3 is 2.56 bits per heavy atom. The molecule has 8 nitrogen and oxygen atoms in total. The van der Waals surface area contributed by atoms with Crippen LogP contribution in [0.25, 0.3) is 0 Å². The lowest BCUT2D eigenvalue weighted by molar-refractivity contribution is -0.135. The summed E-state index contributed by atoms with van der Waals surface area (Å²) in [5.74, 6) is 0.187. The molecule has 0 bridgehead atoms. The number of nitrogens with one attached hydrogen (secondary N) is 1. The molecule has 178 valence electrons. The van der Waals surface area contributed by atoms with Crippen LogP contribution in [-0.2, 0) is 14.3 Å². The molecule has 0 spiro atoms. The zero-order valence-electron chi connectivity index (χ0n) is 20.1. The molecule has 1 N–H and O–H groups in total. The van der Waals surface area contributed by atoms with E-state index in [0.717, 1.165) is 6.42 Å². The summed E-state index contributed by atoms with van der Waals surface area (Å²) in [6, 6.07) is 4.90. The molecule has 0 aromatic heterocycles. The van der Waals surface area contributed by atoms with Gasteiger partial charge in [0.05, 0.1) is 17.7 Å². The number of carbonyl (C=O) groups excluding carboxylic acids is 3. The predicted octanol–water partition coefficient (Wildman–Crippen LogP) is 3.17. The van der Waals surface area contributed by atoms with Crippen LogP contribution in [0, 0.1) is 5.92 Å². The summed E-state index contributed by atoms with van der Waals surface area (Å²) < 4.78 is 11.7. The van der Waals surface area contributed by atoms with Crippen LogP contribution in [0.1, 0.15) is 57.3 Å². The molecular formula is C24H37N3O5. The van der Waals surface area contributed by atoms with Crippen LogP contribution in [0.5, 0.6) is 5.75 Å². The molecule has 0 aliphatic carbocycles. The molecule has 3 atom stereocenters. The molecule has 0 unspecified atom stereocenters. The summed E-state index contributed by atoms with van der Waals surface area (Å²) in [5, 5.41) is 2.84. The van der Waals surface area contributed by atoms with Crippen molar-refractivity contribution < 1.29 is 23.9 Å². The second kappa shape index (κ2) is 11.9. The Hall–Kier alpha value is -2.61. The van der Waals surface area contributed by atoms with Gasteiger partial charge in [0.25, 0.3) is 5.91 Å². The standard InChI is InChI=1S/C24H37N3O5/c1-7-9-22(28)25-18-10-11-20-19(12-18)24(30)26(5)14-21(31-6)16(3)13-27(23(29)8-2)17(4)15-32-20/h10-12,16-17,21H,7-9,13-15H2,1-6H3,(H,25,28)/t16-,17+,21-/m1/s1. The number of fused-ring (bicyclic) bond motifs is 1. The second-order valence-electron chi connectivity index (χ2n) is 8.51. The van der Waals surface area contributed by atoms with Crippen LogP contribution in [0.4, 0.5) is 5.69 Å². The van der Waals surface area contributed by atoms with Crippen LogP contribution < -0.4 is 10.1 Å². The Morgan fingerprint density at radius 2 is 1.94 bits per heavy atom. The zero-order chi connectivity index (χ0) is 23.8. The van der Waals surface area contributed by atoms with E-state index in [4.69, 9.17) is 9.47 Å². The van der Waals surface area contributed by atoms with Gasteiger partial charge in [-0.3, -0.25) is 14.4 Å². The molecule has 1 aliphatic rings. The Bertz CT molecular complexity index is 813. The van der Waals surface area contributed by atoms with E-state index in [1.54, 1.807) is 37.3 Å². The molecule has 1 heterocycles. The minimum atomic E-state index is -0.237. The normalized spacial score (nSPS) is 22.3. The highest BCUT2D eigenvalue weighted by Crippen LogP contribution is 2.26. The first kappa shape index (κ1) is 25.6. The molecule has 1 aromatic carbocycles. The van der Waals surface area contributed by atoms with Crippen molar-refractivity contribution in [1.29, 1.82) is 0 Å². The maximum absolute atomic E-state index is 13.3. The maximum Gasteiger partial charge on any atom is 0.257 e. The number of rotatable bonds is 5.